The second kappa shape index (κ2) is 3.45. The van der Waals surface area contributed by atoms with Crippen molar-refractivity contribution < 1.29 is 0 Å². The quantitative estimate of drug-likeness (QED) is 0.669. The number of fused-ring (bicyclic) bond motifs is 1. The Hall–Kier alpha value is -2.16. The number of hydrogen-bond donors (Lipinski definition) is 1. The fourth-order valence-electron chi connectivity index (χ4n) is 1.81. The molecule has 3 heteroatoms. The number of aromatic nitrogens is 3. The SMILES string of the molecule is Cc1ccc2[nH]cc(-c3ccccn3)c2n1. The largest absolute Gasteiger partial charge is 0.359 e. The minimum Gasteiger partial charge on any atom is -0.359 e. The van der Waals surface area contributed by atoms with Gasteiger partial charge in [0.2, 0.25) is 0 Å². The van der Waals surface area contributed by atoms with Crippen molar-refractivity contribution in [3.05, 3.63) is 48.4 Å². The lowest BCUT2D eigenvalue weighted by Gasteiger charge is -1.98. The van der Waals surface area contributed by atoms with Crippen LogP contribution in [-0.2, 0) is 0 Å². The van der Waals surface area contributed by atoms with E-state index in [1.54, 1.807) is 6.20 Å². The van der Waals surface area contributed by atoms with Crippen molar-refractivity contribution in [2.75, 3.05) is 0 Å². The Kier molecular flexibility index (Phi) is 1.96. The number of rotatable bonds is 1. The Morgan fingerprint density at radius 1 is 1.12 bits per heavy atom. The summed E-state index contributed by atoms with van der Waals surface area (Å²) in [5, 5.41) is 0. The molecule has 0 saturated carbocycles. The van der Waals surface area contributed by atoms with E-state index in [1.807, 2.05) is 43.5 Å². The number of pyridine rings is 2. The van der Waals surface area contributed by atoms with Gasteiger partial charge in [-0.2, -0.15) is 0 Å². The predicted octanol–water partition coefficient (Wildman–Crippen LogP) is 2.93. The Morgan fingerprint density at radius 3 is 2.88 bits per heavy atom. The van der Waals surface area contributed by atoms with Crippen molar-refractivity contribution >= 4 is 11.0 Å². The number of nitrogens with zero attached hydrogens (tertiary/aromatic N) is 2. The first-order chi connectivity index (χ1) is 7.84. The molecule has 3 nitrogen and oxygen atoms in total. The minimum atomic E-state index is 0.951. The molecule has 0 aromatic carbocycles. The Morgan fingerprint density at radius 2 is 2.06 bits per heavy atom. The molecule has 0 spiro atoms. The summed E-state index contributed by atoms with van der Waals surface area (Å²) in [7, 11) is 0. The van der Waals surface area contributed by atoms with Gasteiger partial charge in [0.25, 0.3) is 0 Å². The van der Waals surface area contributed by atoms with Crippen molar-refractivity contribution in [1.29, 1.82) is 0 Å². The molecule has 0 aliphatic carbocycles. The molecular weight excluding hydrogens is 198 g/mol. The van der Waals surface area contributed by atoms with Crippen LogP contribution in [0.25, 0.3) is 22.3 Å². The van der Waals surface area contributed by atoms with Gasteiger partial charge < -0.3 is 4.98 Å². The maximum Gasteiger partial charge on any atom is 0.0976 e. The van der Waals surface area contributed by atoms with Crippen LogP contribution in [0, 0.1) is 6.92 Å². The van der Waals surface area contributed by atoms with E-state index < -0.39 is 0 Å². The molecule has 0 aliphatic heterocycles. The normalized spacial score (nSPS) is 10.8. The summed E-state index contributed by atoms with van der Waals surface area (Å²) >= 11 is 0. The topological polar surface area (TPSA) is 41.6 Å². The summed E-state index contributed by atoms with van der Waals surface area (Å²) in [6.45, 7) is 1.99. The van der Waals surface area contributed by atoms with Crippen LogP contribution >= 0.6 is 0 Å². The van der Waals surface area contributed by atoms with Gasteiger partial charge in [0.05, 0.1) is 16.7 Å². The molecular formula is C13H11N3. The summed E-state index contributed by atoms with van der Waals surface area (Å²) in [5.41, 5.74) is 5.06. The molecule has 0 radical (unpaired) electrons. The molecule has 0 aliphatic rings. The molecule has 78 valence electrons. The summed E-state index contributed by atoms with van der Waals surface area (Å²) in [6.07, 6.45) is 3.75. The Balaban J connectivity index is 2.29. The predicted molar refractivity (Wildman–Crippen MR) is 64.1 cm³/mol. The van der Waals surface area contributed by atoms with Crippen LogP contribution in [0.3, 0.4) is 0 Å². The molecule has 0 amide bonds. The molecule has 0 atom stereocenters. The highest BCUT2D eigenvalue weighted by Crippen LogP contribution is 2.25. The minimum absolute atomic E-state index is 0.951. The van der Waals surface area contributed by atoms with E-state index in [4.69, 9.17) is 0 Å². The van der Waals surface area contributed by atoms with Gasteiger partial charge in [-0.1, -0.05) is 6.07 Å². The van der Waals surface area contributed by atoms with E-state index in [9.17, 15) is 0 Å². The molecule has 0 unspecified atom stereocenters. The van der Waals surface area contributed by atoms with Crippen LogP contribution in [0.2, 0.25) is 0 Å². The molecule has 1 N–H and O–H groups in total. The zero-order valence-corrected chi connectivity index (χ0v) is 8.94. The third-order valence-electron chi connectivity index (χ3n) is 2.60. The first kappa shape index (κ1) is 9.09. The summed E-state index contributed by atoms with van der Waals surface area (Å²) in [4.78, 5) is 12.1. The van der Waals surface area contributed by atoms with Crippen LogP contribution < -0.4 is 0 Å². The lowest BCUT2D eigenvalue weighted by Crippen LogP contribution is -1.84. The fourth-order valence-corrected chi connectivity index (χ4v) is 1.81. The average molecular weight is 209 g/mol. The third-order valence-corrected chi connectivity index (χ3v) is 2.60. The maximum absolute atomic E-state index is 4.54. The second-order valence-electron chi connectivity index (χ2n) is 3.77. The number of aryl methyl sites for hydroxylation is 1. The average Bonchev–Trinajstić information content (AvgIpc) is 2.73. The standard InChI is InChI=1S/C13H11N3/c1-9-5-6-12-13(16-9)10(8-15-12)11-4-2-3-7-14-11/h2-8,15H,1H3. The molecule has 16 heavy (non-hydrogen) atoms. The van der Waals surface area contributed by atoms with Crippen LogP contribution in [-0.4, -0.2) is 15.0 Å². The van der Waals surface area contributed by atoms with E-state index in [-0.39, 0.29) is 0 Å². The second-order valence-corrected chi connectivity index (χ2v) is 3.77. The zero-order valence-electron chi connectivity index (χ0n) is 8.94. The molecule has 3 rings (SSSR count). The zero-order chi connectivity index (χ0) is 11.0. The monoisotopic (exact) mass is 209 g/mol. The highest BCUT2D eigenvalue weighted by Gasteiger charge is 2.07. The van der Waals surface area contributed by atoms with Crippen molar-refractivity contribution in [2.45, 2.75) is 6.92 Å². The van der Waals surface area contributed by atoms with Gasteiger partial charge in [0.15, 0.2) is 0 Å². The molecule has 0 fully saturated rings. The molecule has 0 bridgehead atoms. The van der Waals surface area contributed by atoms with E-state index in [2.05, 4.69) is 15.0 Å². The number of aromatic amines is 1. The van der Waals surface area contributed by atoms with Crippen molar-refractivity contribution in [2.24, 2.45) is 0 Å². The van der Waals surface area contributed by atoms with Crippen molar-refractivity contribution in [3.8, 4) is 11.3 Å². The summed E-state index contributed by atoms with van der Waals surface area (Å²) in [6, 6.07) is 9.94. The van der Waals surface area contributed by atoms with Crippen molar-refractivity contribution in [1.82, 2.24) is 15.0 Å². The van der Waals surface area contributed by atoms with E-state index in [0.29, 0.717) is 0 Å². The van der Waals surface area contributed by atoms with E-state index >= 15 is 0 Å². The van der Waals surface area contributed by atoms with Gasteiger partial charge in [0, 0.05) is 23.7 Å². The first-order valence-corrected chi connectivity index (χ1v) is 5.21. The van der Waals surface area contributed by atoms with Crippen LogP contribution in [0.15, 0.2) is 42.7 Å². The Labute approximate surface area is 93.2 Å². The van der Waals surface area contributed by atoms with Crippen LogP contribution in [0.4, 0.5) is 0 Å². The van der Waals surface area contributed by atoms with Gasteiger partial charge in [-0.05, 0) is 31.2 Å². The van der Waals surface area contributed by atoms with Gasteiger partial charge in [-0.3, -0.25) is 9.97 Å². The lowest BCUT2D eigenvalue weighted by atomic mass is 10.2. The lowest BCUT2D eigenvalue weighted by molar-refractivity contribution is 1.25. The van der Waals surface area contributed by atoms with E-state index in [1.165, 1.54) is 0 Å². The molecule has 3 aromatic rings. The van der Waals surface area contributed by atoms with Gasteiger partial charge >= 0.3 is 0 Å². The third kappa shape index (κ3) is 1.37. The van der Waals surface area contributed by atoms with Gasteiger partial charge in [-0.25, -0.2) is 0 Å². The Bertz CT molecular complexity index is 626. The molecule has 3 heterocycles. The number of hydrogen-bond acceptors (Lipinski definition) is 2. The van der Waals surface area contributed by atoms with Crippen LogP contribution in [0.5, 0.6) is 0 Å². The first-order valence-electron chi connectivity index (χ1n) is 5.21. The number of nitrogens with one attached hydrogen (secondary N) is 1. The highest BCUT2D eigenvalue weighted by atomic mass is 14.8. The smallest absolute Gasteiger partial charge is 0.0976 e. The number of H-pyrrole nitrogens is 1. The van der Waals surface area contributed by atoms with Crippen LogP contribution in [0.1, 0.15) is 5.69 Å². The van der Waals surface area contributed by atoms with Gasteiger partial charge in [-0.15, -0.1) is 0 Å². The summed E-state index contributed by atoms with van der Waals surface area (Å²) < 4.78 is 0. The van der Waals surface area contributed by atoms with E-state index in [0.717, 1.165) is 28.0 Å². The summed E-state index contributed by atoms with van der Waals surface area (Å²) in [5.74, 6) is 0. The van der Waals surface area contributed by atoms with Crippen molar-refractivity contribution in [3.63, 3.8) is 0 Å². The highest BCUT2D eigenvalue weighted by molar-refractivity contribution is 5.91. The fraction of sp³-hybridized carbons (Fsp3) is 0.0769. The molecule has 3 aromatic heterocycles. The van der Waals surface area contributed by atoms with Gasteiger partial charge in [0.1, 0.15) is 0 Å². The molecule has 0 saturated heterocycles. The maximum atomic E-state index is 4.54.